The number of nitro groups is 1. The Morgan fingerprint density at radius 3 is 2.42 bits per heavy atom. The Kier molecular flexibility index (Phi) is 5.20. The molecule has 0 unspecified atom stereocenters. The van der Waals surface area contributed by atoms with Crippen molar-refractivity contribution in [1.29, 1.82) is 0 Å². The van der Waals surface area contributed by atoms with Gasteiger partial charge in [0.1, 0.15) is 5.75 Å². The second-order valence-electron chi connectivity index (χ2n) is 5.02. The topological polar surface area (TPSA) is 106 Å². The maximum atomic E-state index is 12.2. The van der Waals surface area contributed by atoms with Crippen LogP contribution in [0.25, 0.3) is 0 Å². The molecule has 0 aliphatic heterocycles. The monoisotopic (exact) mass is 368 g/mol. The largest absolute Gasteiger partial charge is 0.325 e. The van der Waals surface area contributed by atoms with Crippen LogP contribution in [0, 0.1) is 17.0 Å². The van der Waals surface area contributed by atoms with Gasteiger partial charge in [-0.25, -0.2) is 8.42 Å². The van der Waals surface area contributed by atoms with Crippen molar-refractivity contribution in [2.45, 2.75) is 11.8 Å². The number of aryl methyl sites for hydroxylation is 1. The summed E-state index contributed by atoms with van der Waals surface area (Å²) in [4.78, 5) is 22.2. The smallest absolute Gasteiger partial charge is 0.271 e. The molecule has 0 radical (unpaired) electrons. The van der Waals surface area contributed by atoms with Gasteiger partial charge in [0.2, 0.25) is 5.91 Å². The third kappa shape index (κ3) is 4.30. The third-order valence-electron chi connectivity index (χ3n) is 3.20. The van der Waals surface area contributed by atoms with E-state index in [0.717, 1.165) is 0 Å². The van der Waals surface area contributed by atoms with Crippen LogP contribution in [0.2, 0.25) is 5.02 Å². The molecule has 2 aromatic rings. The molecular formula is C15H13ClN2O5S. The highest BCUT2D eigenvalue weighted by Crippen LogP contribution is 2.22. The van der Waals surface area contributed by atoms with Crippen molar-refractivity contribution in [2.24, 2.45) is 0 Å². The van der Waals surface area contributed by atoms with Crippen LogP contribution in [0.15, 0.2) is 47.4 Å². The summed E-state index contributed by atoms with van der Waals surface area (Å²) in [6.45, 7) is 1.65. The maximum absolute atomic E-state index is 12.2. The average Bonchev–Trinajstić information content (AvgIpc) is 2.49. The fraction of sp³-hybridized carbons (Fsp3) is 0.133. The quantitative estimate of drug-likeness (QED) is 0.645. The van der Waals surface area contributed by atoms with E-state index in [1.807, 2.05) is 0 Å². The van der Waals surface area contributed by atoms with Crippen LogP contribution >= 0.6 is 11.6 Å². The number of hydrogen-bond acceptors (Lipinski definition) is 5. The van der Waals surface area contributed by atoms with Gasteiger partial charge in [0, 0.05) is 17.2 Å². The van der Waals surface area contributed by atoms with E-state index in [1.165, 1.54) is 42.5 Å². The predicted molar refractivity (Wildman–Crippen MR) is 90.0 cm³/mol. The number of non-ortho nitro benzene ring substituents is 1. The molecule has 0 saturated carbocycles. The molecule has 1 amide bonds. The molecule has 0 bridgehead atoms. The first-order valence-electron chi connectivity index (χ1n) is 6.72. The number of anilines is 1. The number of carbonyl (C=O) groups excluding carboxylic acids is 1. The number of rotatable bonds is 5. The first-order valence-corrected chi connectivity index (χ1v) is 8.75. The third-order valence-corrected chi connectivity index (χ3v) is 5.08. The van der Waals surface area contributed by atoms with Gasteiger partial charge in [-0.3, -0.25) is 14.9 Å². The van der Waals surface area contributed by atoms with Gasteiger partial charge in [0.15, 0.2) is 9.84 Å². The van der Waals surface area contributed by atoms with Crippen molar-refractivity contribution in [3.05, 3.63) is 63.2 Å². The number of amides is 1. The highest BCUT2D eigenvalue weighted by molar-refractivity contribution is 7.92. The van der Waals surface area contributed by atoms with Gasteiger partial charge in [0.05, 0.1) is 15.5 Å². The lowest BCUT2D eigenvalue weighted by Gasteiger charge is -2.09. The van der Waals surface area contributed by atoms with E-state index >= 15 is 0 Å². The summed E-state index contributed by atoms with van der Waals surface area (Å²) in [5.41, 5.74) is 0.579. The van der Waals surface area contributed by atoms with E-state index < -0.39 is 26.4 Å². The van der Waals surface area contributed by atoms with Crippen LogP contribution in [0.3, 0.4) is 0 Å². The number of benzene rings is 2. The minimum Gasteiger partial charge on any atom is -0.325 e. The molecule has 0 spiro atoms. The summed E-state index contributed by atoms with van der Waals surface area (Å²) >= 11 is 5.70. The predicted octanol–water partition coefficient (Wildman–Crippen LogP) is 2.97. The van der Waals surface area contributed by atoms with Gasteiger partial charge in [-0.2, -0.15) is 0 Å². The van der Waals surface area contributed by atoms with Crippen molar-refractivity contribution in [3.63, 3.8) is 0 Å². The van der Waals surface area contributed by atoms with E-state index in [9.17, 15) is 23.3 Å². The first-order chi connectivity index (χ1) is 11.2. The number of nitrogens with zero attached hydrogens (tertiary/aromatic N) is 1. The molecule has 126 valence electrons. The van der Waals surface area contributed by atoms with Gasteiger partial charge in [-0.1, -0.05) is 17.7 Å². The number of halogens is 1. The van der Waals surface area contributed by atoms with Crippen molar-refractivity contribution in [2.75, 3.05) is 11.1 Å². The molecule has 0 aliphatic carbocycles. The minimum atomic E-state index is -3.84. The molecular weight excluding hydrogens is 356 g/mol. The molecule has 0 aliphatic rings. The molecule has 2 aromatic carbocycles. The lowest BCUT2D eigenvalue weighted by molar-refractivity contribution is -0.384. The highest BCUT2D eigenvalue weighted by Gasteiger charge is 2.20. The van der Waals surface area contributed by atoms with Crippen LogP contribution in [-0.4, -0.2) is 25.0 Å². The molecule has 0 fully saturated rings. The molecule has 2 rings (SSSR count). The van der Waals surface area contributed by atoms with Crippen molar-refractivity contribution < 1.29 is 18.1 Å². The SMILES string of the molecule is Cc1ccc([N+](=O)[O-])cc1NC(=O)CS(=O)(=O)c1ccc(Cl)cc1. The van der Waals surface area contributed by atoms with E-state index in [2.05, 4.69) is 5.32 Å². The van der Waals surface area contributed by atoms with Gasteiger partial charge in [0.25, 0.3) is 5.69 Å². The minimum absolute atomic E-state index is 0.0298. The van der Waals surface area contributed by atoms with E-state index in [-0.39, 0.29) is 16.3 Å². The van der Waals surface area contributed by atoms with Crippen molar-refractivity contribution in [3.8, 4) is 0 Å². The Morgan fingerprint density at radius 2 is 1.83 bits per heavy atom. The highest BCUT2D eigenvalue weighted by atomic mass is 35.5. The molecule has 0 heterocycles. The number of sulfone groups is 1. The summed E-state index contributed by atoms with van der Waals surface area (Å²) in [6, 6.07) is 9.40. The summed E-state index contributed by atoms with van der Waals surface area (Å²) in [6.07, 6.45) is 0. The van der Waals surface area contributed by atoms with E-state index in [0.29, 0.717) is 10.6 Å². The maximum Gasteiger partial charge on any atom is 0.271 e. The number of nitro benzene ring substituents is 1. The second-order valence-corrected chi connectivity index (χ2v) is 7.44. The number of hydrogen-bond donors (Lipinski definition) is 1. The van der Waals surface area contributed by atoms with Crippen molar-refractivity contribution >= 4 is 38.7 Å². The van der Waals surface area contributed by atoms with Gasteiger partial charge >= 0.3 is 0 Å². The fourth-order valence-electron chi connectivity index (χ4n) is 1.94. The van der Waals surface area contributed by atoms with Crippen LogP contribution in [0.4, 0.5) is 11.4 Å². The second kappa shape index (κ2) is 6.98. The van der Waals surface area contributed by atoms with Crippen LogP contribution in [0.1, 0.15) is 5.56 Å². The lowest BCUT2D eigenvalue weighted by Crippen LogP contribution is -2.23. The normalized spacial score (nSPS) is 11.1. The summed E-state index contributed by atoms with van der Waals surface area (Å²) in [5, 5.41) is 13.6. The summed E-state index contributed by atoms with van der Waals surface area (Å²) in [7, 11) is -3.84. The fourth-order valence-corrected chi connectivity index (χ4v) is 3.20. The first kappa shape index (κ1) is 17.9. The Hall–Kier alpha value is -2.45. The summed E-state index contributed by atoms with van der Waals surface area (Å²) < 4.78 is 24.4. The van der Waals surface area contributed by atoms with Gasteiger partial charge < -0.3 is 5.32 Å². The van der Waals surface area contributed by atoms with E-state index in [1.54, 1.807) is 6.92 Å². The number of nitrogens with one attached hydrogen (secondary N) is 1. The standard InChI is InChI=1S/C15H13ClN2O5S/c1-10-2-5-12(18(20)21)8-14(10)17-15(19)9-24(22,23)13-6-3-11(16)4-7-13/h2-8H,9H2,1H3,(H,17,19). The number of carbonyl (C=O) groups is 1. The molecule has 7 nitrogen and oxygen atoms in total. The van der Waals surface area contributed by atoms with Gasteiger partial charge in [-0.05, 0) is 36.8 Å². The van der Waals surface area contributed by atoms with E-state index in [4.69, 9.17) is 11.6 Å². The molecule has 1 N–H and O–H groups in total. The molecule has 9 heteroatoms. The zero-order chi connectivity index (χ0) is 17.9. The molecule has 24 heavy (non-hydrogen) atoms. The summed E-state index contributed by atoms with van der Waals surface area (Å²) in [5.74, 6) is -1.56. The Morgan fingerprint density at radius 1 is 1.21 bits per heavy atom. The molecule has 0 atom stereocenters. The molecule has 0 aromatic heterocycles. The molecule has 0 saturated heterocycles. The Labute approximate surface area is 143 Å². The zero-order valence-electron chi connectivity index (χ0n) is 12.5. The van der Waals surface area contributed by atoms with Crippen LogP contribution < -0.4 is 5.32 Å². The average molecular weight is 369 g/mol. The van der Waals surface area contributed by atoms with Crippen molar-refractivity contribution in [1.82, 2.24) is 0 Å². The van der Waals surface area contributed by atoms with Gasteiger partial charge in [-0.15, -0.1) is 0 Å². The van der Waals surface area contributed by atoms with Crippen LogP contribution in [-0.2, 0) is 14.6 Å². The zero-order valence-corrected chi connectivity index (χ0v) is 14.1. The van der Waals surface area contributed by atoms with Crippen LogP contribution in [0.5, 0.6) is 0 Å². The Balaban J connectivity index is 2.17. The Bertz CT molecular complexity index is 895. The lowest BCUT2D eigenvalue weighted by atomic mass is 10.2.